The molecule has 20 heavy (non-hydrogen) atoms. The normalized spacial score (nSPS) is 13.7. The molecule has 0 fully saturated rings. The van der Waals surface area contributed by atoms with E-state index in [1.54, 1.807) is 23.1 Å². The lowest BCUT2D eigenvalue weighted by Gasteiger charge is -2.16. The van der Waals surface area contributed by atoms with Crippen molar-refractivity contribution in [3.8, 4) is 0 Å². The van der Waals surface area contributed by atoms with Crippen molar-refractivity contribution in [1.29, 1.82) is 0 Å². The van der Waals surface area contributed by atoms with Crippen molar-refractivity contribution < 1.29 is 4.79 Å². The summed E-state index contributed by atoms with van der Waals surface area (Å²) in [6.07, 6.45) is 0. The van der Waals surface area contributed by atoms with Crippen LogP contribution < -0.4 is 5.73 Å². The molecule has 1 aliphatic heterocycles. The maximum Gasteiger partial charge on any atom is 0.254 e. The van der Waals surface area contributed by atoms with Gasteiger partial charge in [0, 0.05) is 24.3 Å². The molecular formula is C15H12Cl2N2O. The number of fused-ring (bicyclic) bond motifs is 1. The first-order valence-electron chi connectivity index (χ1n) is 6.16. The summed E-state index contributed by atoms with van der Waals surface area (Å²) >= 11 is 11.9. The van der Waals surface area contributed by atoms with E-state index >= 15 is 0 Å². The van der Waals surface area contributed by atoms with E-state index in [0.717, 1.165) is 11.1 Å². The average molecular weight is 307 g/mol. The minimum atomic E-state index is -0.00151. The molecule has 0 spiro atoms. The van der Waals surface area contributed by atoms with Gasteiger partial charge in [-0.2, -0.15) is 0 Å². The number of rotatable bonds is 2. The van der Waals surface area contributed by atoms with E-state index in [9.17, 15) is 4.79 Å². The number of hydrogen-bond donors (Lipinski definition) is 1. The molecule has 0 bridgehead atoms. The Bertz CT molecular complexity index is 700. The molecule has 1 amide bonds. The molecule has 1 aliphatic rings. The van der Waals surface area contributed by atoms with Crippen LogP contribution in [0.4, 0.5) is 5.69 Å². The molecule has 2 N–H and O–H groups in total. The Morgan fingerprint density at radius 3 is 2.65 bits per heavy atom. The molecule has 0 aromatic heterocycles. The van der Waals surface area contributed by atoms with Crippen LogP contribution in [0.1, 0.15) is 21.5 Å². The van der Waals surface area contributed by atoms with Crippen LogP contribution in [-0.2, 0) is 13.1 Å². The highest BCUT2D eigenvalue weighted by Gasteiger charge is 2.27. The highest BCUT2D eigenvalue weighted by Crippen LogP contribution is 2.28. The van der Waals surface area contributed by atoms with E-state index < -0.39 is 0 Å². The van der Waals surface area contributed by atoms with E-state index in [1.807, 2.05) is 18.2 Å². The summed E-state index contributed by atoms with van der Waals surface area (Å²) in [7, 11) is 0. The van der Waals surface area contributed by atoms with Crippen molar-refractivity contribution >= 4 is 34.8 Å². The van der Waals surface area contributed by atoms with Gasteiger partial charge in [-0.15, -0.1) is 0 Å². The quantitative estimate of drug-likeness (QED) is 0.859. The molecule has 3 rings (SSSR count). The second-order valence-corrected chi connectivity index (χ2v) is 5.64. The SMILES string of the molecule is Nc1ccc2c(c1)C(=O)N(Cc1ccc(Cl)c(Cl)c1)C2. The number of carbonyl (C=O) groups is 1. The van der Waals surface area contributed by atoms with Crippen LogP contribution in [0.2, 0.25) is 10.0 Å². The number of nitrogens with zero attached hydrogens (tertiary/aromatic N) is 1. The molecule has 2 aromatic rings. The van der Waals surface area contributed by atoms with E-state index in [0.29, 0.717) is 34.4 Å². The van der Waals surface area contributed by atoms with Crippen molar-refractivity contribution in [2.45, 2.75) is 13.1 Å². The molecule has 0 aliphatic carbocycles. The van der Waals surface area contributed by atoms with Crippen molar-refractivity contribution in [1.82, 2.24) is 4.90 Å². The van der Waals surface area contributed by atoms with Gasteiger partial charge in [0.05, 0.1) is 10.0 Å². The van der Waals surface area contributed by atoms with Crippen LogP contribution >= 0.6 is 23.2 Å². The van der Waals surface area contributed by atoms with Crippen molar-refractivity contribution in [3.63, 3.8) is 0 Å². The zero-order valence-corrected chi connectivity index (χ0v) is 12.1. The summed E-state index contributed by atoms with van der Waals surface area (Å²) in [5.41, 5.74) is 8.97. The Kier molecular flexibility index (Phi) is 3.32. The summed E-state index contributed by atoms with van der Waals surface area (Å²) in [4.78, 5) is 14.1. The molecule has 0 atom stereocenters. The molecule has 5 heteroatoms. The monoisotopic (exact) mass is 306 g/mol. The zero-order valence-electron chi connectivity index (χ0n) is 10.6. The summed E-state index contributed by atoms with van der Waals surface area (Å²) in [6.45, 7) is 1.10. The summed E-state index contributed by atoms with van der Waals surface area (Å²) in [5, 5.41) is 1.01. The van der Waals surface area contributed by atoms with E-state index in [2.05, 4.69) is 0 Å². The van der Waals surface area contributed by atoms with Crippen LogP contribution in [0.3, 0.4) is 0 Å². The van der Waals surface area contributed by atoms with Crippen LogP contribution in [0.5, 0.6) is 0 Å². The lowest BCUT2D eigenvalue weighted by Crippen LogP contribution is -2.23. The van der Waals surface area contributed by atoms with E-state index in [4.69, 9.17) is 28.9 Å². The van der Waals surface area contributed by atoms with Crippen molar-refractivity contribution in [3.05, 3.63) is 63.1 Å². The molecule has 1 heterocycles. The summed E-state index contributed by atoms with van der Waals surface area (Å²) < 4.78 is 0. The van der Waals surface area contributed by atoms with Gasteiger partial charge < -0.3 is 10.6 Å². The highest BCUT2D eigenvalue weighted by molar-refractivity contribution is 6.42. The van der Waals surface area contributed by atoms with Gasteiger partial charge in [0.2, 0.25) is 0 Å². The van der Waals surface area contributed by atoms with E-state index in [1.165, 1.54) is 0 Å². The Balaban J connectivity index is 1.84. The fraction of sp³-hybridized carbons (Fsp3) is 0.133. The first-order chi connectivity index (χ1) is 9.54. The van der Waals surface area contributed by atoms with Gasteiger partial charge in [-0.05, 0) is 35.4 Å². The molecule has 102 valence electrons. The third kappa shape index (κ3) is 2.35. The molecule has 0 radical (unpaired) electrons. The second-order valence-electron chi connectivity index (χ2n) is 4.83. The Morgan fingerprint density at radius 1 is 1.10 bits per heavy atom. The Morgan fingerprint density at radius 2 is 1.90 bits per heavy atom. The maximum atomic E-state index is 12.3. The first-order valence-corrected chi connectivity index (χ1v) is 6.92. The van der Waals surface area contributed by atoms with Crippen molar-refractivity contribution in [2.75, 3.05) is 5.73 Å². The summed E-state index contributed by atoms with van der Waals surface area (Å²) in [5.74, 6) is -0.00151. The topological polar surface area (TPSA) is 46.3 Å². The average Bonchev–Trinajstić information content (AvgIpc) is 2.71. The summed E-state index contributed by atoms with van der Waals surface area (Å²) in [6, 6.07) is 10.8. The van der Waals surface area contributed by atoms with Gasteiger partial charge in [-0.1, -0.05) is 35.3 Å². The lowest BCUT2D eigenvalue weighted by molar-refractivity contribution is 0.0766. The number of nitrogen functional groups attached to an aromatic ring is 1. The smallest absolute Gasteiger partial charge is 0.254 e. The number of carbonyl (C=O) groups excluding carboxylic acids is 1. The van der Waals surface area contributed by atoms with Gasteiger partial charge in [0.1, 0.15) is 0 Å². The zero-order chi connectivity index (χ0) is 14.3. The van der Waals surface area contributed by atoms with Gasteiger partial charge in [-0.25, -0.2) is 0 Å². The number of benzene rings is 2. The minimum Gasteiger partial charge on any atom is -0.399 e. The van der Waals surface area contributed by atoms with Gasteiger partial charge in [0.25, 0.3) is 5.91 Å². The van der Waals surface area contributed by atoms with Gasteiger partial charge in [0.15, 0.2) is 0 Å². The van der Waals surface area contributed by atoms with Crippen LogP contribution in [0.15, 0.2) is 36.4 Å². The number of hydrogen-bond acceptors (Lipinski definition) is 2. The van der Waals surface area contributed by atoms with Crippen LogP contribution in [-0.4, -0.2) is 10.8 Å². The predicted octanol–water partition coefficient (Wildman–Crippen LogP) is 3.73. The molecule has 3 nitrogen and oxygen atoms in total. The van der Waals surface area contributed by atoms with Gasteiger partial charge in [-0.3, -0.25) is 4.79 Å². The fourth-order valence-electron chi connectivity index (χ4n) is 2.36. The molecule has 0 saturated carbocycles. The third-order valence-corrected chi connectivity index (χ3v) is 4.11. The van der Waals surface area contributed by atoms with Crippen LogP contribution in [0.25, 0.3) is 0 Å². The number of amides is 1. The van der Waals surface area contributed by atoms with Crippen LogP contribution in [0, 0.1) is 0 Å². The first kappa shape index (κ1) is 13.3. The minimum absolute atomic E-state index is 0.00151. The van der Waals surface area contributed by atoms with E-state index in [-0.39, 0.29) is 5.91 Å². The molecule has 0 unspecified atom stereocenters. The lowest BCUT2D eigenvalue weighted by atomic mass is 10.1. The standard InChI is InChI=1S/C15H12Cl2N2O/c16-13-4-1-9(5-14(13)17)7-19-8-10-2-3-11(18)6-12(10)15(19)20/h1-6H,7-8,18H2. The molecule has 2 aromatic carbocycles. The second kappa shape index (κ2) is 5.00. The largest absolute Gasteiger partial charge is 0.399 e. The van der Waals surface area contributed by atoms with Crippen molar-refractivity contribution in [2.24, 2.45) is 0 Å². The Labute approximate surface area is 126 Å². The third-order valence-electron chi connectivity index (χ3n) is 3.37. The number of nitrogens with two attached hydrogens (primary N) is 1. The maximum absolute atomic E-state index is 12.3. The van der Waals surface area contributed by atoms with Gasteiger partial charge >= 0.3 is 0 Å². The number of halogens is 2. The number of anilines is 1. The molecule has 0 saturated heterocycles. The Hall–Kier alpha value is -1.71. The fourth-order valence-corrected chi connectivity index (χ4v) is 2.69. The molecular weight excluding hydrogens is 295 g/mol. The predicted molar refractivity (Wildman–Crippen MR) is 80.9 cm³/mol. The highest BCUT2D eigenvalue weighted by atomic mass is 35.5.